The molecule has 0 N–H and O–H groups in total. The molecule has 4 atom stereocenters. The highest BCUT2D eigenvalue weighted by atomic mass is 14.2. The minimum Gasteiger partial charge on any atom is -0.0625 e. The van der Waals surface area contributed by atoms with E-state index in [0.717, 1.165) is 47.3 Å². The highest BCUT2D eigenvalue weighted by Gasteiger charge is 2.16. The van der Waals surface area contributed by atoms with E-state index in [-0.39, 0.29) is 0 Å². The third-order valence-electron chi connectivity index (χ3n) is 9.60. The van der Waals surface area contributed by atoms with Crippen molar-refractivity contribution in [1.29, 1.82) is 0 Å². The maximum Gasteiger partial charge on any atom is -0.0440 e. The topological polar surface area (TPSA) is 0 Å². The van der Waals surface area contributed by atoms with Crippen LogP contribution in [0.5, 0.6) is 0 Å². The summed E-state index contributed by atoms with van der Waals surface area (Å²) >= 11 is 0. The minimum atomic E-state index is 1.01. The molecule has 0 heteroatoms. The van der Waals surface area contributed by atoms with E-state index in [4.69, 9.17) is 0 Å². The Hall–Kier alpha value is 0. The van der Waals surface area contributed by atoms with E-state index in [1.807, 2.05) is 0 Å². The van der Waals surface area contributed by atoms with Crippen molar-refractivity contribution in [3.8, 4) is 0 Å². The van der Waals surface area contributed by atoms with Crippen molar-refractivity contribution in [3.05, 3.63) is 0 Å². The number of hydrogen-bond donors (Lipinski definition) is 0. The molecule has 0 aromatic carbocycles. The van der Waals surface area contributed by atoms with Crippen molar-refractivity contribution in [2.45, 2.75) is 171 Å². The van der Waals surface area contributed by atoms with Gasteiger partial charge in [-0.25, -0.2) is 0 Å². The Morgan fingerprint density at radius 1 is 0.235 bits per heavy atom. The van der Waals surface area contributed by atoms with Crippen molar-refractivity contribution in [3.63, 3.8) is 0 Å². The lowest BCUT2D eigenvalue weighted by atomic mass is 9.84. The van der Waals surface area contributed by atoms with Crippen LogP contribution in [-0.2, 0) is 0 Å². The summed E-state index contributed by atoms with van der Waals surface area (Å²) in [5.74, 6) is 8.12. The van der Waals surface area contributed by atoms with E-state index in [2.05, 4.69) is 55.4 Å². The predicted octanol–water partition coefficient (Wildman–Crippen LogP) is 12.1. The average molecular weight is 477 g/mol. The first-order valence-corrected chi connectivity index (χ1v) is 16.2. The smallest absolute Gasteiger partial charge is 0.0440 e. The van der Waals surface area contributed by atoms with E-state index < -0.39 is 0 Å². The van der Waals surface area contributed by atoms with E-state index >= 15 is 0 Å². The van der Waals surface area contributed by atoms with Gasteiger partial charge in [-0.15, -0.1) is 0 Å². The summed E-state index contributed by atoms with van der Waals surface area (Å²) in [5, 5.41) is 0. The monoisotopic (exact) mass is 477 g/mol. The largest absolute Gasteiger partial charge is 0.0625 e. The molecule has 0 radical (unpaired) electrons. The Morgan fingerprint density at radius 3 is 0.618 bits per heavy atom. The van der Waals surface area contributed by atoms with Crippen LogP contribution in [-0.4, -0.2) is 0 Å². The molecule has 4 unspecified atom stereocenters. The first kappa shape index (κ1) is 32.0. The van der Waals surface area contributed by atoms with Crippen molar-refractivity contribution in [2.75, 3.05) is 0 Å². The van der Waals surface area contributed by atoms with Crippen LogP contribution in [0.3, 0.4) is 0 Å². The third kappa shape index (κ3) is 17.4. The first-order chi connectivity index (χ1) is 16.2. The maximum atomic E-state index is 2.40. The number of rotatable bonds is 0. The molecule has 4 rings (SSSR count). The van der Waals surface area contributed by atoms with Crippen LogP contribution >= 0.6 is 0 Å². The molecule has 0 aliphatic heterocycles. The molecule has 0 saturated heterocycles. The first-order valence-electron chi connectivity index (χ1n) is 16.2. The van der Waals surface area contributed by atoms with E-state index in [1.165, 1.54) is 116 Å². The minimum absolute atomic E-state index is 1.01. The van der Waals surface area contributed by atoms with Gasteiger partial charge in [0, 0.05) is 0 Å². The van der Waals surface area contributed by atoms with Gasteiger partial charge >= 0.3 is 0 Å². The summed E-state index contributed by atoms with van der Waals surface area (Å²) in [6, 6.07) is 0. The molecule has 0 heterocycles. The van der Waals surface area contributed by atoms with Crippen molar-refractivity contribution >= 4 is 0 Å². The zero-order valence-electron chi connectivity index (χ0n) is 25.3. The summed E-state index contributed by atoms with van der Waals surface area (Å²) in [5.41, 5.74) is 0. The molecule has 0 amide bonds. The Labute approximate surface area is 218 Å². The Bertz CT molecular complexity index is 397. The summed E-state index contributed by atoms with van der Waals surface area (Å²) < 4.78 is 0. The van der Waals surface area contributed by atoms with Gasteiger partial charge in [-0.3, -0.25) is 0 Å². The van der Waals surface area contributed by atoms with Crippen molar-refractivity contribution in [2.24, 2.45) is 47.3 Å². The van der Waals surface area contributed by atoms with E-state index in [1.54, 1.807) is 0 Å². The van der Waals surface area contributed by atoms with Gasteiger partial charge in [0.25, 0.3) is 0 Å². The molecule has 0 aromatic heterocycles. The molecular formula is C34H68. The van der Waals surface area contributed by atoms with Gasteiger partial charge in [0.05, 0.1) is 0 Å². The molecule has 0 spiro atoms. The lowest BCUT2D eigenvalue weighted by Crippen LogP contribution is -2.08. The zero-order valence-corrected chi connectivity index (χ0v) is 25.3. The number of hydrogen-bond acceptors (Lipinski definition) is 0. The zero-order chi connectivity index (χ0) is 25.3. The summed E-state index contributed by atoms with van der Waals surface area (Å²) in [7, 11) is 0. The Kier molecular flexibility index (Phi) is 18.0. The van der Waals surface area contributed by atoms with E-state index in [9.17, 15) is 0 Å². The van der Waals surface area contributed by atoms with Crippen LogP contribution in [0, 0.1) is 47.3 Å². The maximum absolute atomic E-state index is 2.40. The van der Waals surface area contributed by atoms with Crippen molar-refractivity contribution in [1.82, 2.24) is 0 Å². The molecule has 4 aliphatic carbocycles. The van der Waals surface area contributed by atoms with Crippen molar-refractivity contribution < 1.29 is 0 Å². The predicted molar refractivity (Wildman–Crippen MR) is 156 cm³/mol. The van der Waals surface area contributed by atoms with Gasteiger partial charge < -0.3 is 0 Å². The molecular weight excluding hydrogens is 408 g/mol. The van der Waals surface area contributed by atoms with Gasteiger partial charge in [-0.2, -0.15) is 0 Å². The second-order valence-electron chi connectivity index (χ2n) is 14.2. The van der Waals surface area contributed by atoms with Crippen LogP contribution < -0.4 is 0 Å². The summed E-state index contributed by atoms with van der Waals surface area (Å²) in [6.45, 7) is 19.0. The standard InChI is InChI=1S/C10H20.C9H18.C8H16.C7H14/c1-9-5-3-7-10(2)8-4-6-9;1-8-4-3-5-9(2)7-6-8;1-7-3-5-8(2)6-4-7;1-6-3-4-7(2)5-6/h9-10H,3-8H2,1-2H3;8-9H,3-7H2,1-2H3;7-8H,3-6H2,1-2H3;6-7H,3-5H2,1-2H3. The highest BCUT2D eigenvalue weighted by molar-refractivity contribution is 4.68. The van der Waals surface area contributed by atoms with E-state index in [0.29, 0.717) is 0 Å². The van der Waals surface area contributed by atoms with Crippen LogP contribution in [0.15, 0.2) is 0 Å². The van der Waals surface area contributed by atoms with Gasteiger partial charge in [0.2, 0.25) is 0 Å². The fourth-order valence-electron chi connectivity index (χ4n) is 6.51. The second-order valence-corrected chi connectivity index (χ2v) is 14.2. The normalized spacial score (nSPS) is 38.8. The van der Waals surface area contributed by atoms with Gasteiger partial charge in [-0.1, -0.05) is 165 Å². The molecule has 0 aromatic rings. The van der Waals surface area contributed by atoms with Gasteiger partial charge in [-0.05, 0) is 53.8 Å². The molecule has 4 saturated carbocycles. The molecule has 4 aliphatic rings. The average Bonchev–Trinajstić information content (AvgIpc) is 3.06. The third-order valence-corrected chi connectivity index (χ3v) is 9.60. The molecule has 34 heavy (non-hydrogen) atoms. The molecule has 4 fully saturated rings. The van der Waals surface area contributed by atoms with Crippen LogP contribution in [0.2, 0.25) is 0 Å². The van der Waals surface area contributed by atoms with Crippen LogP contribution in [0.25, 0.3) is 0 Å². The van der Waals surface area contributed by atoms with Crippen LogP contribution in [0.4, 0.5) is 0 Å². The van der Waals surface area contributed by atoms with Gasteiger partial charge in [0.1, 0.15) is 0 Å². The molecule has 0 bridgehead atoms. The SMILES string of the molecule is CC1CCC(C)C1.CC1CCC(C)CC1.CC1CCCC(C)CC1.CC1CCCC(C)CCC1. The molecule has 0 nitrogen and oxygen atoms in total. The fourth-order valence-corrected chi connectivity index (χ4v) is 6.51. The Balaban J connectivity index is 0.000000228. The van der Waals surface area contributed by atoms with Crippen LogP contribution in [0.1, 0.15) is 171 Å². The lowest BCUT2D eigenvalue weighted by Gasteiger charge is -2.22. The Morgan fingerprint density at radius 2 is 0.412 bits per heavy atom. The summed E-state index contributed by atoms with van der Waals surface area (Å²) in [4.78, 5) is 0. The molecule has 204 valence electrons. The lowest BCUT2D eigenvalue weighted by molar-refractivity contribution is 0.308. The summed E-state index contributed by atoms with van der Waals surface area (Å²) in [6.07, 6.45) is 26.5. The quantitative estimate of drug-likeness (QED) is 0.305. The van der Waals surface area contributed by atoms with Gasteiger partial charge in [0.15, 0.2) is 0 Å². The highest BCUT2D eigenvalue weighted by Crippen LogP contribution is 2.29. The fraction of sp³-hybridized carbons (Fsp3) is 1.00. The second kappa shape index (κ2) is 19.2.